The van der Waals surface area contributed by atoms with Gasteiger partial charge in [-0.25, -0.2) is 0 Å². The molecule has 2 heterocycles. The molecule has 100 valence electrons. The summed E-state index contributed by atoms with van der Waals surface area (Å²) in [6, 6.07) is 0. The number of carbonyl (C=O) groups is 1. The zero-order chi connectivity index (χ0) is 13.1. The Morgan fingerprint density at radius 2 is 1.89 bits per heavy atom. The smallest absolute Gasteiger partial charge is 0.274 e. The average molecular weight is 250 g/mol. The Morgan fingerprint density at radius 1 is 1.28 bits per heavy atom. The number of nitrogens with zero attached hydrogens (tertiary/aromatic N) is 3. The first-order chi connectivity index (χ1) is 8.65. The molecule has 1 saturated heterocycles. The van der Waals surface area contributed by atoms with Gasteiger partial charge < -0.3 is 10.6 Å². The van der Waals surface area contributed by atoms with Crippen molar-refractivity contribution < 1.29 is 4.79 Å². The second kappa shape index (κ2) is 5.42. The molecular weight excluding hydrogens is 228 g/mol. The van der Waals surface area contributed by atoms with Gasteiger partial charge in [-0.1, -0.05) is 12.8 Å². The number of likely N-dealkylation sites (tertiary alicyclic amines) is 1. The van der Waals surface area contributed by atoms with Crippen LogP contribution in [0.2, 0.25) is 0 Å². The van der Waals surface area contributed by atoms with E-state index in [9.17, 15) is 4.79 Å². The van der Waals surface area contributed by atoms with Crippen molar-refractivity contribution in [3.63, 3.8) is 0 Å². The van der Waals surface area contributed by atoms with Gasteiger partial charge in [0.25, 0.3) is 5.91 Å². The highest BCUT2D eigenvalue weighted by atomic mass is 16.2. The SMILES string of the molecule is CCn1nc(C)c(N)c1C(=O)N1CCCCCC1. The van der Waals surface area contributed by atoms with E-state index < -0.39 is 0 Å². The largest absolute Gasteiger partial charge is 0.395 e. The van der Waals surface area contributed by atoms with Crippen molar-refractivity contribution >= 4 is 11.6 Å². The fourth-order valence-corrected chi connectivity index (χ4v) is 2.47. The fourth-order valence-electron chi connectivity index (χ4n) is 2.47. The van der Waals surface area contributed by atoms with Crippen LogP contribution in [0.15, 0.2) is 0 Å². The van der Waals surface area contributed by atoms with Crippen molar-refractivity contribution in [2.75, 3.05) is 18.8 Å². The van der Waals surface area contributed by atoms with Crippen molar-refractivity contribution in [2.45, 2.75) is 46.1 Å². The van der Waals surface area contributed by atoms with Crippen LogP contribution in [0.1, 0.15) is 48.8 Å². The van der Waals surface area contributed by atoms with Crippen LogP contribution < -0.4 is 5.73 Å². The van der Waals surface area contributed by atoms with Crippen molar-refractivity contribution in [2.24, 2.45) is 0 Å². The number of hydrogen-bond donors (Lipinski definition) is 1. The lowest BCUT2D eigenvalue weighted by Crippen LogP contribution is -2.34. The minimum atomic E-state index is 0.0388. The molecule has 0 saturated carbocycles. The third kappa shape index (κ3) is 2.35. The fraction of sp³-hybridized carbons (Fsp3) is 0.692. The lowest BCUT2D eigenvalue weighted by Gasteiger charge is -2.20. The van der Waals surface area contributed by atoms with Gasteiger partial charge in [0.2, 0.25) is 0 Å². The van der Waals surface area contributed by atoms with E-state index in [-0.39, 0.29) is 5.91 Å². The Hall–Kier alpha value is -1.52. The highest BCUT2D eigenvalue weighted by molar-refractivity contribution is 5.98. The monoisotopic (exact) mass is 250 g/mol. The van der Waals surface area contributed by atoms with Crippen LogP contribution in [0.5, 0.6) is 0 Å². The first-order valence-electron chi connectivity index (χ1n) is 6.77. The van der Waals surface area contributed by atoms with Gasteiger partial charge in [0, 0.05) is 19.6 Å². The predicted molar refractivity (Wildman–Crippen MR) is 71.4 cm³/mol. The number of hydrogen-bond acceptors (Lipinski definition) is 3. The summed E-state index contributed by atoms with van der Waals surface area (Å²) in [5.41, 5.74) is 7.84. The molecule has 0 unspecified atom stereocenters. The molecule has 2 N–H and O–H groups in total. The lowest BCUT2D eigenvalue weighted by atomic mass is 10.2. The van der Waals surface area contributed by atoms with E-state index in [0.717, 1.165) is 31.6 Å². The van der Waals surface area contributed by atoms with Crippen LogP contribution in [-0.4, -0.2) is 33.7 Å². The topological polar surface area (TPSA) is 64.2 Å². The predicted octanol–water partition coefficient (Wildman–Crippen LogP) is 1.81. The van der Waals surface area contributed by atoms with Gasteiger partial charge in [-0.15, -0.1) is 0 Å². The van der Waals surface area contributed by atoms with Crippen molar-refractivity contribution in [1.29, 1.82) is 0 Å². The molecule has 1 aromatic rings. The number of nitrogen functional groups attached to an aromatic ring is 1. The molecule has 5 nitrogen and oxygen atoms in total. The Morgan fingerprint density at radius 3 is 2.44 bits per heavy atom. The summed E-state index contributed by atoms with van der Waals surface area (Å²) in [4.78, 5) is 14.5. The van der Waals surface area contributed by atoms with E-state index in [1.807, 2.05) is 18.7 Å². The molecule has 1 aromatic heterocycles. The number of amides is 1. The Labute approximate surface area is 108 Å². The van der Waals surface area contributed by atoms with Gasteiger partial charge in [0.15, 0.2) is 0 Å². The molecule has 0 bridgehead atoms. The molecule has 2 rings (SSSR count). The van der Waals surface area contributed by atoms with Crippen LogP contribution in [-0.2, 0) is 6.54 Å². The summed E-state index contributed by atoms with van der Waals surface area (Å²) >= 11 is 0. The van der Waals surface area contributed by atoms with E-state index in [1.54, 1.807) is 4.68 Å². The van der Waals surface area contributed by atoms with Crippen molar-refractivity contribution in [3.05, 3.63) is 11.4 Å². The average Bonchev–Trinajstić information content (AvgIpc) is 2.60. The van der Waals surface area contributed by atoms with Gasteiger partial charge in [-0.3, -0.25) is 9.48 Å². The van der Waals surface area contributed by atoms with Gasteiger partial charge >= 0.3 is 0 Å². The minimum absolute atomic E-state index is 0.0388. The van der Waals surface area contributed by atoms with Gasteiger partial charge in [0.1, 0.15) is 5.69 Å². The van der Waals surface area contributed by atoms with Crippen LogP contribution in [0.25, 0.3) is 0 Å². The third-order valence-electron chi connectivity index (χ3n) is 3.57. The Balaban J connectivity index is 2.26. The lowest BCUT2D eigenvalue weighted by molar-refractivity contribution is 0.0750. The van der Waals surface area contributed by atoms with E-state index in [1.165, 1.54) is 12.8 Å². The summed E-state index contributed by atoms with van der Waals surface area (Å²) in [5.74, 6) is 0.0388. The van der Waals surface area contributed by atoms with Crippen molar-refractivity contribution in [3.8, 4) is 0 Å². The van der Waals surface area contributed by atoms with Crippen LogP contribution in [0.3, 0.4) is 0 Å². The van der Waals surface area contributed by atoms with Crippen LogP contribution >= 0.6 is 0 Å². The molecule has 0 aromatic carbocycles. The molecule has 5 heteroatoms. The van der Waals surface area contributed by atoms with E-state index in [2.05, 4.69) is 5.10 Å². The van der Waals surface area contributed by atoms with Crippen LogP contribution in [0.4, 0.5) is 5.69 Å². The number of aromatic nitrogens is 2. The van der Waals surface area contributed by atoms with Gasteiger partial charge in [0.05, 0.1) is 11.4 Å². The molecule has 1 amide bonds. The first kappa shape index (κ1) is 12.9. The maximum atomic E-state index is 12.6. The number of anilines is 1. The zero-order valence-corrected chi connectivity index (χ0v) is 11.3. The summed E-state index contributed by atoms with van der Waals surface area (Å²) < 4.78 is 1.72. The molecule has 1 aliphatic heterocycles. The number of carbonyl (C=O) groups excluding carboxylic acids is 1. The molecule has 0 spiro atoms. The molecule has 0 radical (unpaired) electrons. The highest BCUT2D eigenvalue weighted by Gasteiger charge is 2.24. The summed E-state index contributed by atoms with van der Waals surface area (Å²) in [6.07, 6.45) is 4.60. The molecule has 0 atom stereocenters. The maximum absolute atomic E-state index is 12.6. The molecular formula is C13H22N4O. The third-order valence-corrected chi connectivity index (χ3v) is 3.57. The van der Waals surface area contributed by atoms with E-state index in [4.69, 9.17) is 5.73 Å². The summed E-state index contributed by atoms with van der Waals surface area (Å²) in [5, 5.41) is 4.31. The van der Waals surface area contributed by atoms with Crippen molar-refractivity contribution in [1.82, 2.24) is 14.7 Å². The minimum Gasteiger partial charge on any atom is -0.395 e. The highest BCUT2D eigenvalue weighted by Crippen LogP contribution is 2.20. The standard InChI is InChI=1S/C13H22N4O/c1-3-17-12(11(14)10(2)15-17)13(18)16-8-6-4-5-7-9-16/h3-9,14H2,1-2H3. The van der Waals surface area contributed by atoms with E-state index in [0.29, 0.717) is 17.9 Å². The molecule has 18 heavy (non-hydrogen) atoms. The molecule has 1 aliphatic rings. The maximum Gasteiger partial charge on any atom is 0.274 e. The first-order valence-corrected chi connectivity index (χ1v) is 6.77. The summed E-state index contributed by atoms with van der Waals surface area (Å²) in [7, 11) is 0. The van der Waals surface area contributed by atoms with Gasteiger partial charge in [-0.05, 0) is 26.7 Å². The Bertz CT molecular complexity index is 430. The molecule has 1 fully saturated rings. The van der Waals surface area contributed by atoms with E-state index >= 15 is 0 Å². The zero-order valence-electron chi connectivity index (χ0n) is 11.3. The second-order valence-corrected chi connectivity index (χ2v) is 4.87. The number of rotatable bonds is 2. The van der Waals surface area contributed by atoms with Gasteiger partial charge in [-0.2, -0.15) is 5.10 Å². The Kier molecular flexibility index (Phi) is 3.89. The molecule has 0 aliphatic carbocycles. The van der Waals surface area contributed by atoms with Crippen LogP contribution in [0, 0.1) is 6.92 Å². The normalized spacial score (nSPS) is 16.7. The summed E-state index contributed by atoms with van der Waals surface area (Å²) in [6.45, 7) is 6.18. The number of nitrogens with two attached hydrogens (primary N) is 1. The number of aryl methyl sites for hydroxylation is 2. The second-order valence-electron chi connectivity index (χ2n) is 4.87. The quantitative estimate of drug-likeness (QED) is 0.870.